The third kappa shape index (κ3) is 6.80. The van der Waals surface area contributed by atoms with Crippen LogP contribution in [0, 0.1) is 0 Å². The van der Waals surface area contributed by atoms with Crippen LogP contribution in [0.1, 0.15) is 13.8 Å². The van der Waals surface area contributed by atoms with E-state index in [2.05, 4.69) is 19.6 Å². The Hall–Kier alpha value is 0.787. The highest BCUT2D eigenvalue weighted by atomic mass is 32.5. The third-order valence-corrected chi connectivity index (χ3v) is 9.76. The quantitative estimate of drug-likeness (QED) is 0.524. The summed E-state index contributed by atoms with van der Waals surface area (Å²) >= 11 is 5.45. The van der Waals surface area contributed by atoms with Crippen LogP contribution in [0.5, 0.6) is 0 Å². The summed E-state index contributed by atoms with van der Waals surface area (Å²) in [6.07, 6.45) is 0. The van der Waals surface area contributed by atoms with Gasteiger partial charge in [0.25, 0.3) is 0 Å². The molecule has 0 radical (unpaired) electrons. The maximum atomic E-state index is 5.58. The molecule has 13 heavy (non-hydrogen) atoms. The lowest BCUT2D eigenvalue weighted by atomic mass is 10.9. The molecule has 0 aliphatic rings. The van der Waals surface area contributed by atoms with Crippen LogP contribution in [0.25, 0.3) is 0 Å². The summed E-state index contributed by atoms with van der Waals surface area (Å²) in [5, 5.41) is 0. The molecule has 80 valence electrons. The molecule has 0 heterocycles. The summed E-state index contributed by atoms with van der Waals surface area (Å²) in [6, 6.07) is 0. The van der Waals surface area contributed by atoms with E-state index >= 15 is 0 Å². The van der Waals surface area contributed by atoms with Crippen molar-refractivity contribution in [3.05, 3.63) is 0 Å². The fourth-order valence-electron chi connectivity index (χ4n) is 1.10. The van der Waals surface area contributed by atoms with E-state index in [0.717, 1.165) is 5.79 Å². The molecule has 0 rings (SSSR count). The minimum absolute atomic E-state index is 0.668. The number of hydrogen-bond acceptors (Lipinski definition) is 3. The Balaban J connectivity index is 4.33. The minimum atomic E-state index is -1.95. The van der Waals surface area contributed by atoms with Gasteiger partial charge in [0, 0.05) is 5.79 Å². The van der Waals surface area contributed by atoms with Crippen LogP contribution in [0.4, 0.5) is 0 Å². The highest BCUT2D eigenvalue weighted by Gasteiger charge is 2.27. The first kappa shape index (κ1) is 13.8. The molecule has 0 aliphatic heterocycles. The highest BCUT2D eigenvalue weighted by molar-refractivity contribution is 8.10. The van der Waals surface area contributed by atoms with Gasteiger partial charge in [0.2, 0.25) is 0 Å². The lowest BCUT2D eigenvalue weighted by Crippen LogP contribution is -2.27. The van der Waals surface area contributed by atoms with E-state index in [0.29, 0.717) is 13.2 Å². The molecule has 0 spiro atoms. The average molecular weight is 240 g/mol. The van der Waals surface area contributed by atoms with Crippen molar-refractivity contribution in [2.24, 2.45) is 0 Å². The molecule has 5 heteroatoms. The second-order valence-electron chi connectivity index (χ2n) is 4.17. The summed E-state index contributed by atoms with van der Waals surface area (Å²) in [4.78, 5) is 0. The lowest BCUT2D eigenvalue weighted by molar-refractivity contribution is 0.269. The maximum absolute atomic E-state index is 5.58. The first-order chi connectivity index (χ1) is 5.83. The van der Waals surface area contributed by atoms with Crippen molar-refractivity contribution in [2.75, 3.05) is 19.0 Å². The summed E-state index contributed by atoms with van der Waals surface area (Å²) in [7, 11) is -1.17. The fraction of sp³-hybridized carbons (Fsp3) is 1.00. The standard InChI is InChI=1S/C8H21O2PSSi/c1-6-9-11(12,10-7-2)8-13(3,4)5/h6-8H2,1-5H3. The molecule has 0 fully saturated rings. The molecule has 0 amide bonds. The molecule has 2 nitrogen and oxygen atoms in total. The van der Waals surface area contributed by atoms with Gasteiger partial charge in [0.15, 0.2) is 6.49 Å². The summed E-state index contributed by atoms with van der Waals surface area (Å²) in [5.74, 6) is 0.983. The van der Waals surface area contributed by atoms with Gasteiger partial charge >= 0.3 is 0 Å². The Labute approximate surface area is 88.2 Å². The number of hydrogen-bond donors (Lipinski definition) is 0. The van der Waals surface area contributed by atoms with Crippen molar-refractivity contribution in [2.45, 2.75) is 33.5 Å². The Bertz CT molecular complexity index is 181. The van der Waals surface area contributed by atoms with Crippen molar-refractivity contribution < 1.29 is 9.05 Å². The molecule has 0 unspecified atom stereocenters. The van der Waals surface area contributed by atoms with Crippen molar-refractivity contribution >= 4 is 26.4 Å². The van der Waals surface area contributed by atoms with Crippen molar-refractivity contribution in [1.82, 2.24) is 0 Å². The van der Waals surface area contributed by atoms with Gasteiger partial charge in [0.1, 0.15) is 0 Å². The topological polar surface area (TPSA) is 18.5 Å². The monoisotopic (exact) mass is 240 g/mol. The first-order valence-electron chi connectivity index (χ1n) is 4.71. The Kier molecular flexibility index (Phi) is 5.96. The van der Waals surface area contributed by atoms with Crippen LogP contribution in [-0.2, 0) is 20.9 Å². The molecule has 0 atom stereocenters. The zero-order chi connectivity index (χ0) is 10.5. The molecular formula is C8H21O2PSSi. The average Bonchev–Trinajstić information content (AvgIpc) is 1.82. The van der Waals surface area contributed by atoms with Gasteiger partial charge in [0.05, 0.1) is 21.3 Å². The summed E-state index contributed by atoms with van der Waals surface area (Å²) in [5.41, 5.74) is 0. The molecule has 0 aliphatic carbocycles. The molecule has 0 aromatic carbocycles. The van der Waals surface area contributed by atoms with Crippen LogP contribution in [0.15, 0.2) is 0 Å². The second-order valence-corrected chi connectivity index (χ2v) is 14.0. The number of rotatable bonds is 6. The zero-order valence-electron chi connectivity index (χ0n) is 9.29. The highest BCUT2D eigenvalue weighted by Crippen LogP contribution is 2.50. The second kappa shape index (κ2) is 5.62. The van der Waals surface area contributed by atoms with Gasteiger partial charge in [-0.15, -0.1) is 0 Å². The van der Waals surface area contributed by atoms with Crippen molar-refractivity contribution in [1.29, 1.82) is 0 Å². The van der Waals surface area contributed by atoms with Gasteiger partial charge in [-0.05, 0) is 25.7 Å². The molecule has 0 aromatic heterocycles. The molecule has 0 saturated heterocycles. The SMILES string of the molecule is CCOP(=S)(C[Si](C)(C)C)OCC. The van der Waals surface area contributed by atoms with Gasteiger partial charge in [-0.1, -0.05) is 19.6 Å². The van der Waals surface area contributed by atoms with Gasteiger partial charge in [-0.3, -0.25) is 0 Å². The zero-order valence-corrected chi connectivity index (χ0v) is 12.0. The van der Waals surface area contributed by atoms with Crippen molar-refractivity contribution in [3.8, 4) is 0 Å². The van der Waals surface area contributed by atoms with E-state index in [1.165, 1.54) is 0 Å². The smallest absolute Gasteiger partial charge is 0.186 e. The summed E-state index contributed by atoms with van der Waals surface area (Å²) in [6.45, 7) is 10.2. The largest absolute Gasteiger partial charge is 0.330 e. The lowest BCUT2D eigenvalue weighted by Gasteiger charge is -2.27. The molecular weight excluding hydrogens is 219 g/mol. The van der Waals surface area contributed by atoms with E-state index < -0.39 is 14.6 Å². The van der Waals surface area contributed by atoms with Crippen LogP contribution >= 0.6 is 6.49 Å². The summed E-state index contributed by atoms with van der Waals surface area (Å²) < 4.78 is 11.2. The Morgan fingerprint density at radius 3 is 1.69 bits per heavy atom. The first-order valence-corrected chi connectivity index (χ1v) is 11.2. The Morgan fingerprint density at radius 2 is 1.46 bits per heavy atom. The van der Waals surface area contributed by atoms with Crippen LogP contribution in [-0.4, -0.2) is 27.1 Å². The van der Waals surface area contributed by atoms with Gasteiger partial charge in [-0.25, -0.2) is 0 Å². The van der Waals surface area contributed by atoms with E-state index in [4.69, 9.17) is 20.9 Å². The predicted molar refractivity (Wildman–Crippen MR) is 65.8 cm³/mol. The van der Waals surface area contributed by atoms with Crippen molar-refractivity contribution in [3.63, 3.8) is 0 Å². The normalized spacial score (nSPS) is 13.3. The van der Waals surface area contributed by atoms with E-state index in [-0.39, 0.29) is 0 Å². The third-order valence-electron chi connectivity index (χ3n) is 1.32. The maximum Gasteiger partial charge on any atom is 0.186 e. The van der Waals surface area contributed by atoms with E-state index in [1.807, 2.05) is 13.8 Å². The molecule has 0 bridgehead atoms. The van der Waals surface area contributed by atoms with Crippen LogP contribution in [0.3, 0.4) is 0 Å². The van der Waals surface area contributed by atoms with Gasteiger partial charge in [-0.2, -0.15) is 0 Å². The van der Waals surface area contributed by atoms with Gasteiger partial charge < -0.3 is 9.05 Å². The molecule has 0 N–H and O–H groups in total. The fourth-order valence-corrected chi connectivity index (χ4v) is 11.5. The predicted octanol–water partition coefficient (Wildman–Crippen LogP) is 3.25. The van der Waals surface area contributed by atoms with E-state index in [9.17, 15) is 0 Å². The minimum Gasteiger partial charge on any atom is -0.330 e. The van der Waals surface area contributed by atoms with Crippen LogP contribution < -0.4 is 0 Å². The molecule has 0 aromatic rings. The molecule has 0 saturated carbocycles. The van der Waals surface area contributed by atoms with E-state index in [1.54, 1.807) is 0 Å². The Morgan fingerprint density at radius 1 is 1.08 bits per heavy atom. The van der Waals surface area contributed by atoms with Crippen LogP contribution in [0.2, 0.25) is 19.6 Å².